The van der Waals surface area contributed by atoms with Crippen molar-refractivity contribution in [1.29, 1.82) is 0 Å². The Morgan fingerprint density at radius 2 is 2.04 bits per heavy atom. The maximum Gasteiger partial charge on any atom is 0.307 e. The molecule has 1 aliphatic rings. The summed E-state index contributed by atoms with van der Waals surface area (Å²) in [5, 5.41) is 12.2. The first-order chi connectivity index (χ1) is 11.1. The summed E-state index contributed by atoms with van der Waals surface area (Å²) in [4.78, 5) is 10.9. The number of benzene rings is 2. The highest BCUT2D eigenvalue weighted by molar-refractivity contribution is 5.77. The minimum atomic E-state index is -0.886. The predicted octanol–water partition coefficient (Wildman–Crippen LogP) is 2.77. The number of rotatable bonds is 4. The van der Waals surface area contributed by atoms with Crippen LogP contribution in [0.3, 0.4) is 0 Å². The van der Waals surface area contributed by atoms with Crippen LogP contribution in [0.5, 0.6) is 5.75 Å². The molecule has 2 N–H and O–H groups in total. The van der Waals surface area contributed by atoms with Gasteiger partial charge < -0.3 is 15.2 Å². The van der Waals surface area contributed by atoms with E-state index < -0.39 is 5.97 Å². The van der Waals surface area contributed by atoms with Gasteiger partial charge in [-0.2, -0.15) is 0 Å². The molecule has 0 aliphatic carbocycles. The fourth-order valence-electron chi connectivity index (χ4n) is 3.06. The molecule has 0 saturated heterocycles. The molecule has 0 spiro atoms. The molecule has 0 unspecified atom stereocenters. The van der Waals surface area contributed by atoms with Gasteiger partial charge in [-0.25, -0.2) is 4.39 Å². The average Bonchev–Trinajstić information content (AvgIpc) is 2.55. The van der Waals surface area contributed by atoms with Crippen molar-refractivity contribution in [3.05, 3.63) is 52.8 Å². The van der Waals surface area contributed by atoms with E-state index in [4.69, 9.17) is 9.84 Å². The highest BCUT2D eigenvalue weighted by Gasteiger charge is 2.20. The lowest BCUT2D eigenvalue weighted by Crippen LogP contribution is -2.25. The van der Waals surface area contributed by atoms with E-state index in [1.807, 2.05) is 6.07 Å². The number of carbonyl (C=O) groups is 1. The SMILES string of the molecule is COc1cc(CC(=O)O)ccc1-c1ccc(F)c2c1CNCC2. The fourth-order valence-corrected chi connectivity index (χ4v) is 3.06. The Balaban J connectivity index is 2.10. The molecule has 0 amide bonds. The smallest absolute Gasteiger partial charge is 0.307 e. The van der Waals surface area contributed by atoms with Crippen molar-refractivity contribution in [2.24, 2.45) is 0 Å². The molecule has 4 nitrogen and oxygen atoms in total. The molecule has 0 bridgehead atoms. The van der Waals surface area contributed by atoms with Crippen LogP contribution in [-0.2, 0) is 24.2 Å². The van der Waals surface area contributed by atoms with Crippen LogP contribution in [0.2, 0.25) is 0 Å². The third kappa shape index (κ3) is 3.05. The minimum absolute atomic E-state index is 0.0558. The highest BCUT2D eigenvalue weighted by Crippen LogP contribution is 2.36. The molecule has 1 heterocycles. The number of methoxy groups -OCH3 is 1. The molecule has 0 saturated carbocycles. The van der Waals surface area contributed by atoms with Crippen molar-refractivity contribution in [1.82, 2.24) is 5.32 Å². The average molecular weight is 315 g/mol. The topological polar surface area (TPSA) is 58.6 Å². The van der Waals surface area contributed by atoms with Gasteiger partial charge in [0.1, 0.15) is 11.6 Å². The summed E-state index contributed by atoms with van der Waals surface area (Å²) in [7, 11) is 1.55. The van der Waals surface area contributed by atoms with E-state index in [1.54, 1.807) is 25.3 Å². The van der Waals surface area contributed by atoms with Crippen molar-refractivity contribution < 1.29 is 19.0 Å². The monoisotopic (exact) mass is 315 g/mol. The van der Waals surface area contributed by atoms with Crippen molar-refractivity contribution in [2.75, 3.05) is 13.7 Å². The molecule has 23 heavy (non-hydrogen) atoms. The molecule has 120 valence electrons. The van der Waals surface area contributed by atoms with Crippen LogP contribution in [0.1, 0.15) is 16.7 Å². The molecule has 5 heteroatoms. The third-order valence-electron chi connectivity index (χ3n) is 4.14. The first kappa shape index (κ1) is 15.5. The largest absolute Gasteiger partial charge is 0.496 e. The Labute approximate surface area is 133 Å². The lowest BCUT2D eigenvalue weighted by atomic mass is 9.90. The van der Waals surface area contributed by atoms with Gasteiger partial charge in [-0.1, -0.05) is 18.2 Å². The van der Waals surface area contributed by atoms with Gasteiger partial charge >= 0.3 is 5.97 Å². The maximum absolute atomic E-state index is 14.0. The van der Waals surface area contributed by atoms with E-state index in [-0.39, 0.29) is 12.2 Å². The number of carboxylic acid groups (broad SMARTS) is 1. The lowest BCUT2D eigenvalue weighted by molar-refractivity contribution is -0.136. The first-order valence-electron chi connectivity index (χ1n) is 7.50. The summed E-state index contributed by atoms with van der Waals surface area (Å²) in [6.07, 6.45) is 0.605. The Morgan fingerprint density at radius 3 is 2.78 bits per heavy atom. The zero-order valence-electron chi connectivity index (χ0n) is 12.9. The third-order valence-corrected chi connectivity index (χ3v) is 4.14. The first-order valence-corrected chi connectivity index (χ1v) is 7.50. The number of hydrogen-bond acceptors (Lipinski definition) is 3. The van der Waals surface area contributed by atoms with Gasteiger partial charge in [0.2, 0.25) is 0 Å². The molecule has 2 aromatic rings. The Hall–Kier alpha value is -2.40. The van der Waals surface area contributed by atoms with Gasteiger partial charge in [0.15, 0.2) is 0 Å². The number of ether oxygens (including phenoxy) is 1. The van der Waals surface area contributed by atoms with Crippen molar-refractivity contribution in [3.8, 4) is 16.9 Å². The molecule has 0 radical (unpaired) electrons. The molecule has 0 atom stereocenters. The Morgan fingerprint density at radius 1 is 1.26 bits per heavy atom. The summed E-state index contributed by atoms with van der Waals surface area (Å²) in [6, 6.07) is 8.60. The van der Waals surface area contributed by atoms with Gasteiger partial charge in [0.25, 0.3) is 0 Å². The van der Waals surface area contributed by atoms with Gasteiger partial charge in [0, 0.05) is 12.1 Å². The van der Waals surface area contributed by atoms with Crippen LogP contribution >= 0.6 is 0 Å². The Bertz CT molecular complexity index is 758. The molecular weight excluding hydrogens is 297 g/mol. The number of aliphatic carboxylic acids is 1. The van der Waals surface area contributed by atoms with Crippen LogP contribution in [-0.4, -0.2) is 24.7 Å². The lowest BCUT2D eigenvalue weighted by Gasteiger charge is -2.22. The zero-order valence-corrected chi connectivity index (χ0v) is 12.9. The minimum Gasteiger partial charge on any atom is -0.496 e. The number of halogens is 1. The van der Waals surface area contributed by atoms with Crippen LogP contribution < -0.4 is 10.1 Å². The molecule has 0 aromatic heterocycles. The second-order valence-electron chi connectivity index (χ2n) is 5.58. The van der Waals surface area contributed by atoms with Crippen molar-refractivity contribution >= 4 is 5.97 Å². The van der Waals surface area contributed by atoms with Crippen LogP contribution in [0.15, 0.2) is 30.3 Å². The summed E-state index contributed by atoms with van der Waals surface area (Å²) in [6.45, 7) is 1.38. The van der Waals surface area contributed by atoms with E-state index in [0.29, 0.717) is 24.3 Å². The van der Waals surface area contributed by atoms with Gasteiger partial charge in [-0.3, -0.25) is 4.79 Å². The standard InChI is InChI=1S/C18H18FNO3/c1-23-17-8-11(9-18(21)22)2-3-14(17)12-4-5-16(19)13-6-7-20-10-15(12)13/h2-5,8,20H,6-7,9-10H2,1H3,(H,21,22). The highest BCUT2D eigenvalue weighted by atomic mass is 19.1. The van der Waals surface area contributed by atoms with E-state index in [2.05, 4.69) is 5.32 Å². The van der Waals surface area contributed by atoms with E-state index in [0.717, 1.165) is 28.8 Å². The zero-order chi connectivity index (χ0) is 16.4. The van der Waals surface area contributed by atoms with Gasteiger partial charge in [0.05, 0.1) is 13.5 Å². The molecule has 3 rings (SSSR count). The normalized spacial score (nSPS) is 13.5. The number of carboxylic acids is 1. The number of nitrogens with one attached hydrogen (secondary N) is 1. The van der Waals surface area contributed by atoms with E-state index >= 15 is 0 Å². The second-order valence-corrected chi connectivity index (χ2v) is 5.58. The van der Waals surface area contributed by atoms with Crippen molar-refractivity contribution in [2.45, 2.75) is 19.4 Å². The molecule has 1 aliphatic heterocycles. The van der Waals surface area contributed by atoms with Gasteiger partial charge in [-0.15, -0.1) is 0 Å². The van der Waals surface area contributed by atoms with Crippen LogP contribution in [0, 0.1) is 5.82 Å². The Kier molecular flexibility index (Phi) is 4.30. The summed E-state index contributed by atoms with van der Waals surface area (Å²) in [5.74, 6) is -0.460. The van der Waals surface area contributed by atoms with Crippen LogP contribution in [0.4, 0.5) is 4.39 Å². The molecule has 0 fully saturated rings. The summed E-state index contributed by atoms with van der Waals surface area (Å²) >= 11 is 0. The van der Waals surface area contributed by atoms with E-state index in [1.165, 1.54) is 6.07 Å². The maximum atomic E-state index is 14.0. The fraction of sp³-hybridized carbons (Fsp3) is 0.278. The van der Waals surface area contributed by atoms with Gasteiger partial charge in [-0.05, 0) is 47.4 Å². The van der Waals surface area contributed by atoms with Crippen molar-refractivity contribution in [3.63, 3.8) is 0 Å². The van der Waals surface area contributed by atoms with Crippen LogP contribution in [0.25, 0.3) is 11.1 Å². The van der Waals surface area contributed by atoms with E-state index in [9.17, 15) is 9.18 Å². The summed E-state index contributed by atoms with van der Waals surface area (Å²) in [5.41, 5.74) is 4.14. The quantitative estimate of drug-likeness (QED) is 0.911. The summed E-state index contributed by atoms with van der Waals surface area (Å²) < 4.78 is 19.5. The molecule has 2 aromatic carbocycles. The molecular formula is C18H18FNO3. The predicted molar refractivity (Wildman–Crippen MR) is 85.1 cm³/mol. The number of fused-ring (bicyclic) bond motifs is 1. The second kappa shape index (κ2) is 6.38. The number of hydrogen-bond donors (Lipinski definition) is 2.